The van der Waals surface area contributed by atoms with Crippen molar-refractivity contribution < 1.29 is 0 Å². The summed E-state index contributed by atoms with van der Waals surface area (Å²) in [6.07, 6.45) is 16.8. The maximum Gasteiger partial charge on any atom is -0.00142 e. The van der Waals surface area contributed by atoms with Crippen LogP contribution in [-0.4, -0.2) is 13.1 Å². The normalized spacial score (nSPS) is 11.3. The van der Waals surface area contributed by atoms with Gasteiger partial charge in [0.05, 0.1) is 0 Å². The fourth-order valence-corrected chi connectivity index (χ4v) is 2.48. The highest BCUT2D eigenvalue weighted by Crippen LogP contribution is 2.07. The van der Waals surface area contributed by atoms with Gasteiger partial charge in [-0.25, -0.2) is 0 Å². The third-order valence-electron chi connectivity index (χ3n) is 3.80. The van der Waals surface area contributed by atoms with Crippen molar-refractivity contribution in [2.75, 3.05) is 13.1 Å². The summed E-state index contributed by atoms with van der Waals surface area (Å²) in [5, 5.41) is 3.53. The van der Waals surface area contributed by atoms with Crippen LogP contribution in [0.5, 0.6) is 0 Å². The molecule has 1 heteroatoms. The molecular weight excluding hydrogens is 254 g/mol. The minimum atomic E-state index is 1.10. The number of unbranched alkanes of at least 4 members (excludes halogenated alkanes) is 7. The van der Waals surface area contributed by atoms with E-state index in [0.29, 0.717) is 0 Å². The summed E-state index contributed by atoms with van der Waals surface area (Å²) < 4.78 is 0. The van der Waals surface area contributed by atoms with Crippen LogP contribution in [0.1, 0.15) is 70.3 Å². The zero-order chi connectivity index (χ0) is 15.0. The molecule has 0 atom stereocenters. The first kappa shape index (κ1) is 18.0. The first-order valence-electron chi connectivity index (χ1n) is 8.86. The van der Waals surface area contributed by atoms with Crippen molar-refractivity contribution in [3.63, 3.8) is 0 Å². The summed E-state index contributed by atoms with van der Waals surface area (Å²) in [5.74, 6) is 0. The standard InChI is InChI=1S/C20H33N/c1-2-3-4-5-6-7-8-13-18-21-19-14-12-17-20-15-10-9-11-16-20/h9-12,15-17,21H,2-8,13-14,18-19H2,1H3. The fourth-order valence-electron chi connectivity index (χ4n) is 2.48. The van der Waals surface area contributed by atoms with Crippen molar-refractivity contribution in [1.82, 2.24) is 5.32 Å². The van der Waals surface area contributed by atoms with Crippen molar-refractivity contribution in [3.8, 4) is 0 Å². The van der Waals surface area contributed by atoms with Gasteiger partial charge in [0.15, 0.2) is 0 Å². The van der Waals surface area contributed by atoms with Gasteiger partial charge in [-0.15, -0.1) is 0 Å². The largest absolute Gasteiger partial charge is 0.316 e. The monoisotopic (exact) mass is 287 g/mol. The summed E-state index contributed by atoms with van der Waals surface area (Å²) in [7, 11) is 0. The van der Waals surface area contributed by atoms with Gasteiger partial charge in [0.2, 0.25) is 0 Å². The second kappa shape index (κ2) is 13.9. The third-order valence-corrected chi connectivity index (χ3v) is 3.80. The number of nitrogens with one attached hydrogen (secondary N) is 1. The van der Waals surface area contributed by atoms with E-state index < -0.39 is 0 Å². The molecule has 0 aliphatic rings. The van der Waals surface area contributed by atoms with Crippen molar-refractivity contribution in [3.05, 3.63) is 42.0 Å². The Morgan fingerprint density at radius 1 is 0.810 bits per heavy atom. The molecule has 0 spiro atoms. The van der Waals surface area contributed by atoms with E-state index in [1.165, 1.54) is 63.5 Å². The maximum atomic E-state index is 3.53. The van der Waals surface area contributed by atoms with Crippen LogP contribution in [0.3, 0.4) is 0 Å². The second-order valence-corrected chi connectivity index (χ2v) is 5.83. The molecule has 1 aromatic rings. The summed E-state index contributed by atoms with van der Waals surface area (Å²) in [6.45, 7) is 4.55. The van der Waals surface area contributed by atoms with E-state index in [2.05, 4.69) is 54.7 Å². The van der Waals surface area contributed by atoms with Crippen LogP contribution in [0.25, 0.3) is 6.08 Å². The molecule has 1 nitrogen and oxygen atoms in total. The van der Waals surface area contributed by atoms with E-state index in [-0.39, 0.29) is 0 Å². The Hall–Kier alpha value is -1.08. The first-order valence-corrected chi connectivity index (χ1v) is 8.86. The van der Waals surface area contributed by atoms with E-state index in [9.17, 15) is 0 Å². The predicted molar refractivity (Wildman–Crippen MR) is 95.6 cm³/mol. The molecule has 0 saturated carbocycles. The second-order valence-electron chi connectivity index (χ2n) is 5.83. The quantitative estimate of drug-likeness (QED) is 0.451. The van der Waals surface area contributed by atoms with E-state index in [1.807, 2.05) is 0 Å². The van der Waals surface area contributed by atoms with Crippen LogP contribution >= 0.6 is 0 Å². The molecule has 118 valence electrons. The lowest BCUT2D eigenvalue weighted by atomic mass is 10.1. The molecule has 0 bridgehead atoms. The molecule has 1 N–H and O–H groups in total. The highest BCUT2D eigenvalue weighted by atomic mass is 14.8. The van der Waals surface area contributed by atoms with Crippen LogP contribution < -0.4 is 5.32 Å². The topological polar surface area (TPSA) is 12.0 Å². The molecule has 0 aromatic heterocycles. The summed E-state index contributed by atoms with van der Waals surface area (Å²) >= 11 is 0. The van der Waals surface area contributed by atoms with E-state index in [0.717, 1.165) is 13.0 Å². The first-order chi connectivity index (χ1) is 10.4. The molecule has 0 aliphatic heterocycles. The van der Waals surface area contributed by atoms with Crippen LogP contribution in [0.2, 0.25) is 0 Å². The zero-order valence-electron chi connectivity index (χ0n) is 13.8. The number of hydrogen-bond acceptors (Lipinski definition) is 1. The zero-order valence-corrected chi connectivity index (χ0v) is 13.8. The lowest BCUT2D eigenvalue weighted by Gasteiger charge is -2.03. The van der Waals surface area contributed by atoms with Gasteiger partial charge in [-0.3, -0.25) is 0 Å². The van der Waals surface area contributed by atoms with Gasteiger partial charge >= 0.3 is 0 Å². The Morgan fingerprint density at radius 3 is 2.19 bits per heavy atom. The Balaban J connectivity index is 1.82. The van der Waals surface area contributed by atoms with Gasteiger partial charge in [-0.05, 0) is 31.5 Å². The lowest BCUT2D eigenvalue weighted by Crippen LogP contribution is -2.15. The lowest BCUT2D eigenvalue weighted by molar-refractivity contribution is 0.557. The minimum Gasteiger partial charge on any atom is -0.316 e. The Labute approximate surface area is 131 Å². The molecule has 1 aromatic carbocycles. The van der Waals surface area contributed by atoms with Gasteiger partial charge in [-0.1, -0.05) is 94.4 Å². The summed E-state index contributed by atoms with van der Waals surface area (Å²) in [5.41, 5.74) is 1.29. The SMILES string of the molecule is CCCCCCCCCCNCCC=Cc1ccccc1. The third kappa shape index (κ3) is 11.3. The van der Waals surface area contributed by atoms with Crippen molar-refractivity contribution in [1.29, 1.82) is 0 Å². The van der Waals surface area contributed by atoms with Crippen LogP contribution in [0.4, 0.5) is 0 Å². The highest BCUT2D eigenvalue weighted by Gasteiger charge is 1.91. The molecule has 1 rings (SSSR count). The average molecular weight is 287 g/mol. The average Bonchev–Trinajstić information content (AvgIpc) is 2.53. The highest BCUT2D eigenvalue weighted by molar-refractivity contribution is 5.48. The molecular formula is C20H33N. The van der Waals surface area contributed by atoms with Crippen molar-refractivity contribution in [2.24, 2.45) is 0 Å². The molecule has 21 heavy (non-hydrogen) atoms. The molecule has 0 radical (unpaired) electrons. The predicted octanol–water partition coefficient (Wildman–Crippen LogP) is 5.82. The Morgan fingerprint density at radius 2 is 1.48 bits per heavy atom. The van der Waals surface area contributed by atoms with Crippen molar-refractivity contribution in [2.45, 2.75) is 64.7 Å². The minimum absolute atomic E-state index is 1.10. The van der Waals surface area contributed by atoms with Gasteiger partial charge in [0.1, 0.15) is 0 Å². The summed E-state index contributed by atoms with van der Waals surface area (Å²) in [4.78, 5) is 0. The molecule has 0 saturated heterocycles. The van der Waals surface area contributed by atoms with Gasteiger partial charge in [0.25, 0.3) is 0 Å². The van der Waals surface area contributed by atoms with Gasteiger partial charge in [-0.2, -0.15) is 0 Å². The number of hydrogen-bond donors (Lipinski definition) is 1. The van der Waals surface area contributed by atoms with Gasteiger partial charge in [0, 0.05) is 0 Å². The Kier molecular flexibility index (Phi) is 11.9. The fraction of sp³-hybridized carbons (Fsp3) is 0.600. The maximum absolute atomic E-state index is 3.53. The van der Waals surface area contributed by atoms with E-state index in [4.69, 9.17) is 0 Å². The molecule has 0 fully saturated rings. The Bertz CT molecular complexity index is 342. The molecule has 0 heterocycles. The molecule has 0 amide bonds. The van der Waals surface area contributed by atoms with Crippen LogP contribution in [0.15, 0.2) is 36.4 Å². The number of benzene rings is 1. The molecule has 0 unspecified atom stereocenters. The van der Waals surface area contributed by atoms with Gasteiger partial charge < -0.3 is 5.32 Å². The van der Waals surface area contributed by atoms with Crippen molar-refractivity contribution >= 4 is 6.08 Å². The molecule has 0 aliphatic carbocycles. The van der Waals surface area contributed by atoms with E-state index >= 15 is 0 Å². The van der Waals surface area contributed by atoms with Crippen LogP contribution in [0, 0.1) is 0 Å². The smallest absolute Gasteiger partial charge is 0.00142 e. The van der Waals surface area contributed by atoms with E-state index in [1.54, 1.807) is 0 Å². The summed E-state index contributed by atoms with van der Waals surface area (Å²) in [6, 6.07) is 10.5. The van der Waals surface area contributed by atoms with Crippen LogP contribution in [-0.2, 0) is 0 Å². The number of rotatable bonds is 13.